The van der Waals surface area contributed by atoms with Crippen molar-refractivity contribution in [3.63, 3.8) is 0 Å². The summed E-state index contributed by atoms with van der Waals surface area (Å²) >= 11 is 0. The van der Waals surface area contributed by atoms with Gasteiger partial charge < -0.3 is 4.74 Å². The molecule has 1 aliphatic carbocycles. The van der Waals surface area contributed by atoms with Crippen molar-refractivity contribution in [2.24, 2.45) is 11.8 Å². The fourth-order valence-corrected chi connectivity index (χ4v) is 2.15. The van der Waals surface area contributed by atoms with Gasteiger partial charge in [0.1, 0.15) is 11.7 Å². The summed E-state index contributed by atoms with van der Waals surface area (Å²) in [4.78, 5) is 23.3. The molecule has 0 heterocycles. The van der Waals surface area contributed by atoms with E-state index in [1.807, 2.05) is 0 Å². The second kappa shape index (κ2) is 5.69. The summed E-state index contributed by atoms with van der Waals surface area (Å²) in [5, 5.41) is 0. The van der Waals surface area contributed by atoms with Gasteiger partial charge in [-0.05, 0) is 32.1 Å². The first-order chi connectivity index (χ1) is 7.20. The number of rotatable bonds is 4. The molecule has 3 heteroatoms. The molecule has 15 heavy (non-hydrogen) atoms. The van der Waals surface area contributed by atoms with Crippen molar-refractivity contribution in [3.05, 3.63) is 12.7 Å². The van der Waals surface area contributed by atoms with Gasteiger partial charge in [0.2, 0.25) is 0 Å². The van der Waals surface area contributed by atoms with Crippen LogP contribution in [-0.4, -0.2) is 18.4 Å². The van der Waals surface area contributed by atoms with Crippen molar-refractivity contribution < 1.29 is 14.3 Å². The van der Waals surface area contributed by atoms with Crippen molar-refractivity contribution in [1.82, 2.24) is 0 Å². The molecule has 0 aromatic carbocycles. The van der Waals surface area contributed by atoms with E-state index in [1.54, 1.807) is 13.0 Å². The summed E-state index contributed by atoms with van der Waals surface area (Å²) in [5.74, 6) is -0.764. The highest BCUT2D eigenvalue weighted by atomic mass is 16.5. The quantitative estimate of drug-likeness (QED) is 0.405. The first-order valence-corrected chi connectivity index (χ1v) is 5.51. The number of ketones is 1. The Hall–Kier alpha value is -1.12. The number of ether oxygens (including phenoxy) is 1. The molecule has 2 unspecified atom stereocenters. The fraction of sp³-hybridized carbons (Fsp3) is 0.667. The summed E-state index contributed by atoms with van der Waals surface area (Å²) in [6, 6.07) is 0. The van der Waals surface area contributed by atoms with Crippen molar-refractivity contribution in [3.8, 4) is 0 Å². The molecule has 1 rings (SSSR count). The maximum absolute atomic E-state index is 11.7. The molecule has 2 atom stereocenters. The Morgan fingerprint density at radius 1 is 1.67 bits per heavy atom. The van der Waals surface area contributed by atoms with Crippen LogP contribution in [0.4, 0.5) is 0 Å². The Bertz CT molecular complexity index is 258. The molecule has 0 aromatic rings. The second-order valence-corrected chi connectivity index (χ2v) is 3.87. The van der Waals surface area contributed by atoms with E-state index in [-0.39, 0.29) is 17.7 Å². The highest BCUT2D eigenvalue weighted by molar-refractivity contribution is 5.99. The van der Waals surface area contributed by atoms with Crippen molar-refractivity contribution in [2.75, 3.05) is 6.61 Å². The molecule has 0 bridgehead atoms. The number of allylic oxidation sites excluding steroid dienone is 1. The van der Waals surface area contributed by atoms with Crippen molar-refractivity contribution >= 4 is 11.8 Å². The van der Waals surface area contributed by atoms with Gasteiger partial charge in [-0.15, -0.1) is 6.58 Å². The Morgan fingerprint density at radius 2 is 2.40 bits per heavy atom. The molecule has 0 amide bonds. The van der Waals surface area contributed by atoms with Gasteiger partial charge in [0, 0.05) is 6.42 Å². The van der Waals surface area contributed by atoms with Crippen LogP contribution < -0.4 is 0 Å². The van der Waals surface area contributed by atoms with Crippen LogP contribution in [-0.2, 0) is 14.3 Å². The van der Waals surface area contributed by atoms with E-state index in [9.17, 15) is 9.59 Å². The minimum absolute atomic E-state index is 0.0338. The topological polar surface area (TPSA) is 43.4 Å². The van der Waals surface area contributed by atoms with Crippen LogP contribution in [0.15, 0.2) is 12.7 Å². The van der Waals surface area contributed by atoms with Gasteiger partial charge in [-0.25, -0.2) is 0 Å². The van der Waals surface area contributed by atoms with Crippen LogP contribution in [0.1, 0.15) is 32.6 Å². The van der Waals surface area contributed by atoms with Crippen molar-refractivity contribution in [2.45, 2.75) is 32.6 Å². The van der Waals surface area contributed by atoms with Gasteiger partial charge in [-0.1, -0.05) is 6.08 Å². The zero-order chi connectivity index (χ0) is 11.3. The van der Waals surface area contributed by atoms with Gasteiger partial charge in [0.05, 0.1) is 6.61 Å². The molecule has 0 aliphatic heterocycles. The molecule has 0 radical (unpaired) electrons. The second-order valence-electron chi connectivity index (χ2n) is 3.87. The third-order valence-electron chi connectivity index (χ3n) is 2.83. The van der Waals surface area contributed by atoms with Gasteiger partial charge >= 0.3 is 5.97 Å². The highest BCUT2D eigenvalue weighted by Gasteiger charge is 2.37. The Kier molecular flexibility index (Phi) is 4.53. The maximum Gasteiger partial charge on any atom is 0.316 e. The SMILES string of the molecule is C=CCC1CCCC(=O)C1C(=O)OCC. The Morgan fingerprint density at radius 3 is 3.00 bits per heavy atom. The predicted octanol–water partition coefficient (Wildman–Crippen LogP) is 2.11. The molecule has 1 saturated carbocycles. The van der Waals surface area contributed by atoms with Gasteiger partial charge in [-0.3, -0.25) is 9.59 Å². The third kappa shape index (κ3) is 2.91. The van der Waals surface area contributed by atoms with Gasteiger partial charge in [0.25, 0.3) is 0 Å². The highest BCUT2D eigenvalue weighted by Crippen LogP contribution is 2.31. The minimum Gasteiger partial charge on any atom is -0.465 e. The number of carbonyl (C=O) groups excluding carboxylic acids is 2. The van der Waals surface area contributed by atoms with E-state index in [0.29, 0.717) is 13.0 Å². The molecule has 1 aliphatic rings. The van der Waals surface area contributed by atoms with E-state index < -0.39 is 5.92 Å². The average Bonchev–Trinajstić information content (AvgIpc) is 2.18. The smallest absolute Gasteiger partial charge is 0.316 e. The lowest BCUT2D eigenvalue weighted by molar-refractivity contribution is -0.155. The third-order valence-corrected chi connectivity index (χ3v) is 2.83. The molecular weight excluding hydrogens is 192 g/mol. The molecule has 0 aromatic heterocycles. The van der Waals surface area contributed by atoms with Crippen LogP contribution >= 0.6 is 0 Å². The molecular formula is C12H18O3. The van der Waals surface area contributed by atoms with E-state index in [0.717, 1.165) is 19.3 Å². The molecule has 0 N–H and O–H groups in total. The monoisotopic (exact) mass is 210 g/mol. The summed E-state index contributed by atoms with van der Waals surface area (Å²) < 4.78 is 4.93. The van der Waals surface area contributed by atoms with E-state index >= 15 is 0 Å². The van der Waals surface area contributed by atoms with E-state index in [1.165, 1.54) is 0 Å². The maximum atomic E-state index is 11.7. The molecule has 0 saturated heterocycles. The molecule has 0 spiro atoms. The standard InChI is InChI=1S/C12H18O3/c1-3-6-9-7-5-8-10(13)11(9)12(14)15-4-2/h3,9,11H,1,4-8H2,2H3. The number of hydrogen-bond donors (Lipinski definition) is 0. The van der Waals surface area contributed by atoms with Crippen LogP contribution in [0.3, 0.4) is 0 Å². The van der Waals surface area contributed by atoms with Crippen molar-refractivity contribution in [1.29, 1.82) is 0 Å². The first kappa shape index (κ1) is 12.0. The summed E-state index contributed by atoms with van der Waals surface area (Å²) in [6.45, 7) is 5.75. The average molecular weight is 210 g/mol. The number of hydrogen-bond acceptors (Lipinski definition) is 3. The zero-order valence-electron chi connectivity index (χ0n) is 9.20. The summed E-state index contributed by atoms with van der Waals surface area (Å²) in [7, 11) is 0. The lowest BCUT2D eigenvalue weighted by atomic mass is 9.76. The van der Waals surface area contributed by atoms with Gasteiger partial charge in [-0.2, -0.15) is 0 Å². The number of Topliss-reactive ketones (excluding diaryl/α,β-unsaturated/α-hetero) is 1. The zero-order valence-corrected chi connectivity index (χ0v) is 9.20. The lowest BCUT2D eigenvalue weighted by Gasteiger charge is -2.27. The first-order valence-electron chi connectivity index (χ1n) is 5.51. The predicted molar refractivity (Wildman–Crippen MR) is 57.3 cm³/mol. The Labute approximate surface area is 90.5 Å². The molecule has 84 valence electrons. The molecule has 1 fully saturated rings. The normalized spacial score (nSPS) is 26.1. The van der Waals surface area contributed by atoms with Crippen LogP contribution in [0.25, 0.3) is 0 Å². The van der Waals surface area contributed by atoms with E-state index in [2.05, 4.69) is 6.58 Å². The van der Waals surface area contributed by atoms with Crippen LogP contribution in [0.5, 0.6) is 0 Å². The summed E-state index contributed by atoms with van der Waals surface area (Å²) in [6.07, 6.45) is 4.80. The van der Waals surface area contributed by atoms with Gasteiger partial charge in [0.15, 0.2) is 0 Å². The van der Waals surface area contributed by atoms with Crippen LogP contribution in [0, 0.1) is 11.8 Å². The number of esters is 1. The summed E-state index contributed by atoms with van der Waals surface area (Å²) in [5.41, 5.74) is 0. The number of carbonyl (C=O) groups is 2. The van der Waals surface area contributed by atoms with Crippen LogP contribution in [0.2, 0.25) is 0 Å². The molecule has 3 nitrogen and oxygen atoms in total. The largest absolute Gasteiger partial charge is 0.465 e. The lowest BCUT2D eigenvalue weighted by Crippen LogP contribution is -2.36. The Balaban J connectivity index is 2.71. The van der Waals surface area contributed by atoms with E-state index in [4.69, 9.17) is 4.74 Å². The fourth-order valence-electron chi connectivity index (χ4n) is 2.15. The minimum atomic E-state index is -0.545.